The van der Waals surface area contributed by atoms with Crippen LogP contribution in [0.25, 0.3) is 0 Å². The van der Waals surface area contributed by atoms with Crippen molar-refractivity contribution in [2.24, 2.45) is 11.3 Å². The number of hydrogen-bond donors (Lipinski definition) is 1. The lowest BCUT2D eigenvalue weighted by molar-refractivity contribution is 0.0452. The number of aryl methyl sites for hydroxylation is 1. The lowest BCUT2D eigenvalue weighted by Gasteiger charge is -2.53. The SMILES string of the molecule is CCNCC1(c2ccc(C)cc2)CC(C(C)(C)C)C1. The summed E-state index contributed by atoms with van der Waals surface area (Å²) in [5, 5.41) is 3.58. The van der Waals surface area contributed by atoms with Gasteiger partial charge in [0.15, 0.2) is 0 Å². The van der Waals surface area contributed by atoms with Gasteiger partial charge in [-0.15, -0.1) is 0 Å². The van der Waals surface area contributed by atoms with Crippen LogP contribution in [0.5, 0.6) is 0 Å². The molecule has 0 unspecified atom stereocenters. The van der Waals surface area contributed by atoms with Gasteiger partial charge in [0.05, 0.1) is 0 Å². The molecule has 1 fully saturated rings. The van der Waals surface area contributed by atoms with Gasteiger partial charge in [0, 0.05) is 12.0 Å². The van der Waals surface area contributed by atoms with Crippen LogP contribution < -0.4 is 5.32 Å². The predicted octanol–water partition coefficient (Wildman–Crippen LogP) is 4.30. The van der Waals surface area contributed by atoms with Crippen molar-refractivity contribution in [3.05, 3.63) is 35.4 Å². The van der Waals surface area contributed by atoms with Gasteiger partial charge in [-0.05, 0) is 43.2 Å². The average Bonchev–Trinajstić information content (AvgIpc) is 2.28. The second-order valence-corrected chi connectivity index (χ2v) is 7.40. The molecule has 106 valence electrons. The highest BCUT2D eigenvalue weighted by molar-refractivity contribution is 5.32. The molecule has 1 nitrogen and oxygen atoms in total. The number of likely N-dealkylation sites (N-methyl/N-ethyl adjacent to an activating group) is 1. The second kappa shape index (κ2) is 5.28. The highest BCUT2D eigenvalue weighted by atomic mass is 14.9. The quantitative estimate of drug-likeness (QED) is 0.850. The first-order chi connectivity index (χ1) is 8.87. The van der Waals surface area contributed by atoms with E-state index in [9.17, 15) is 0 Å². The molecule has 0 spiro atoms. The molecule has 1 N–H and O–H groups in total. The molecule has 1 aromatic rings. The number of rotatable bonds is 4. The molecule has 0 radical (unpaired) electrons. The minimum atomic E-state index is 0.377. The Bertz CT molecular complexity index is 404. The van der Waals surface area contributed by atoms with E-state index >= 15 is 0 Å². The number of nitrogens with one attached hydrogen (secondary N) is 1. The van der Waals surface area contributed by atoms with Crippen LogP contribution >= 0.6 is 0 Å². The highest BCUT2D eigenvalue weighted by Crippen LogP contribution is 2.54. The van der Waals surface area contributed by atoms with Crippen molar-refractivity contribution in [3.63, 3.8) is 0 Å². The first-order valence-electron chi connectivity index (χ1n) is 7.65. The van der Waals surface area contributed by atoms with E-state index in [2.05, 4.69) is 64.2 Å². The third-order valence-corrected chi connectivity index (χ3v) is 4.88. The molecule has 0 aliphatic heterocycles. The van der Waals surface area contributed by atoms with Gasteiger partial charge in [-0.2, -0.15) is 0 Å². The van der Waals surface area contributed by atoms with E-state index in [1.165, 1.54) is 24.0 Å². The molecule has 0 atom stereocenters. The zero-order valence-electron chi connectivity index (χ0n) is 13.2. The molecule has 1 aromatic carbocycles. The van der Waals surface area contributed by atoms with Crippen molar-refractivity contribution in [2.75, 3.05) is 13.1 Å². The molecule has 1 saturated carbocycles. The minimum Gasteiger partial charge on any atom is -0.316 e. The smallest absolute Gasteiger partial charge is 0.00834 e. The van der Waals surface area contributed by atoms with Gasteiger partial charge < -0.3 is 5.32 Å². The van der Waals surface area contributed by atoms with Crippen molar-refractivity contribution in [1.82, 2.24) is 5.32 Å². The average molecular weight is 259 g/mol. The summed E-state index contributed by atoms with van der Waals surface area (Å²) in [5.74, 6) is 0.854. The molecule has 1 aliphatic carbocycles. The summed E-state index contributed by atoms with van der Waals surface area (Å²) in [6.07, 6.45) is 2.65. The van der Waals surface area contributed by atoms with Crippen molar-refractivity contribution < 1.29 is 0 Å². The summed E-state index contributed by atoms with van der Waals surface area (Å²) in [6.45, 7) is 13.7. The fraction of sp³-hybridized carbons (Fsp3) is 0.667. The van der Waals surface area contributed by atoms with Gasteiger partial charge in [-0.3, -0.25) is 0 Å². The Morgan fingerprint density at radius 3 is 2.21 bits per heavy atom. The van der Waals surface area contributed by atoms with Crippen LogP contribution in [0, 0.1) is 18.3 Å². The van der Waals surface area contributed by atoms with Crippen molar-refractivity contribution in [2.45, 2.75) is 52.9 Å². The van der Waals surface area contributed by atoms with E-state index in [0.29, 0.717) is 10.8 Å². The van der Waals surface area contributed by atoms with Crippen molar-refractivity contribution in [1.29, 1.82) is 0 Å². The molecule has 19 heavy (non-hydrogen) atoms. The Kier molecular flexibility index (Phi) is 4.06. The van der Waals surface area contributed by atoms with E-state index in [1.807, 2.05) is 0 Å². The Morgan fingerprint density at radius 1 is 1.16 bits per heavy atom. The summed E-state index contributed by atoms with van der Waals surface area (Å²) < 4.78 is 0. The molecule has 0 amide bonds. The van der Waals surface area contributed by atoms with E-state index in [-0.39, 0.29) is 0 Å². The lowest BCUT2D eigenvalue weighted by atomic mass is 9.52. The van der Waals surface area contributed by atoms with Gasteiger partial charge in [-0.25, -0.2) is 0 Å². The Balaban J connectivity index is 2.16. The van der Waals surface area contributed by atoms with Crippen molar-refractivity contribution in [3.8, 4) is 0 Å². The fourth-order valence-corrected chi connectivity index (χ4v) is 3.25. The molecule has 0 bridgehead atoms. The third-order valence-electron chi connectivity index (χ3n) is 4.88. The molecule has 1 heteroatoms. The molecular formula is C18H29N. The van der Waals surface area contributed by atoms with Crippen LogP contribution in [0.4, 0.5) is 0 Å². The fourth-order valence-electron chi connectivity index (χ4n) is 3.25. The first kappa shape index (κ1) is 14.6. The maximum absolute atomic E-state index is 3.58. The second-order valence-electron chi connectivity index (χ2n) is 7.40. The molecular weight excluding hydrogens is 230 g/mol. The Morgan fingerprint density at radius 2 is 1.74 bits per heavy atom. The standard InChI is InChI=1S/C18H29N/c1-6-19-13-18(11-16(12-18)17(3,4)5)15-9-7-14(2)8-10-15/h7-10,16,19H,6,11-13H2,1-5H3. The summed E-state index contributed by atoms with van der Waals surface area (Å²) >= 11 is 0. The van der Waals surface area contributed by atoms with Crippen LogP contribution in [0.1, 0.15) is 51.7 Å². The third kappa shape index (κ3) is 3.02. The number of hydrogen-bond acceptors (Lipinski definition) is 1. The van der Waals surface area contributed by atoms with E-state index in [1.54, 1.807) is 0 Å². The van der Waals surface area contributed by atoms with E-state index < -0.39 is 0 Å². The maximum Gasteiger partial charge on any atom is 0.00834 e. The van der Waals surface area contributed by atoms with Crippen LogP contribution in [-0.4, -0.2) is 13.1 Å². The zero-order chi connectivity index (χ0) is 14.1. The van der Waals surface area contributed by atoms with Gasteiger partial charge in [0.2, 0.25) is 0 Å². The van der Waals surface area contributed by atoms with Gasteiger partial charge in [0.1, 0.15) is 0 Å². The zero-order valence-corrected chi connectivity index (χ0v) is 13.2. The van der Waals surface area contributed by atoms with Crippen LogP contribution in [0.2, 0.25) is 0 Å². The maximum atomic E-state index is 3.58. The Labute approximate surface area is 118 Å². The summed E-state index contributed by atoms with van der Waals surface area (Å²) in [4.78, 5) is 0. The van der Waals surface area contributed by atoms with Crippen LogP contribution in [0.15, 0.2) is 24.3 Å². The van der Waals surface area contributed by atoms with Crippen LogP contribution in [-0.2, 0) is 5.41 Å². The lowest BCUT2D eigenvalue weighted by Crippen LogP contribution is -2.52. The van der Waals surface area contributed by atoms with Gasteiger partial charge >= 0.3 is 0 Å². The summed E-state index contributed by atoms with van der Waals surface area (Å²) in [7, 11) is 0. The van der Waals surface area contributed by atoms with Gasteiger partial charge in [0.25, 0.3) is 0 Å². The monoisotopic (exact) mass is 259 g/mol. The van der Waals surface area contributed by atoms with E-state index in [0.717, 1.165) is 19.0 Å². The number of benzene rings is 1. The first-order valence-corrected chi connectivity index (χ1v) is 7.65. The molecule has 2 rings (SSSR count). The van der Waals surface area contributed by atoms with E-state index in [4.69, 9.17) is 0 Å². The highest BCUT2D eigenvalue weighted by Gasteiger charge is 2.48. The van der Waals surface area contributed by atoms with Crippen LogP contribution in [0.3, 0.4) is 0 Å². The van der Waals surface area contributed by atoms with Gasteiger partial charge in [-0.1, -0.05) is 57.5 Å². The Hall–Kier alpha value is -0.820. The molecule has 1 aliphatic rings. The summed E-state index contributed by atoms with van der Waals surface area (Å²) in [6, 6.07) is 9.19. The molecule has 0 aromatic heterocycles. The molecule has 0 saturated heterocycles. The minimum absolute atomic E-state index is 0.377. The predicted molar refractivity (Wildman–Crippen MR) is 83.6 cm³/mol. The normalized spacial score (nSPS) is 27.1. The topological polar surface area (TPSA) is 12.0 Å². The van der Waals surface area contributed by atoms with Crippen molar-refractivity contribution >= 4 is 0 Å². The summed E-state index contributed by atoms with van der Waals surface area (Å²) in [5.41, 5.74) is 3.70. The largest absolute Gasteiger partial charge is 0.316 e. The molecule has 0 heterocycles.